The maximum absolute atomic E-state index is 13.2. The quantitative estimate of drug-likeness (QED) is 0.200. The number of halogens is 4. The van der Waals surface area contributed by atoms with E-state index in [0.717, 1.165) is 22.5 Å². The second-order valence-corrected chi connectivity index (χ2v) is 8.14. The van der Waals surface area contributed by atoms with Crippen molar-refractivity contribution in [1.82, 2.24) is 20.3 Å². The maximum atomic E-state index is 13.2. The molecular formula is C19H22ClF3N6OS. The van der Waals surface area contributed by atoms with E-state index in [4.69, 9.17) is 11.6 Å². The number of aldehydes is 1. The lowest BCUT2D eigenvalue weighted by Gasteiger charge is -2.28. The number of carbonyl (C=O) groups excluding carboxylic acids is 1. The van der Waals surface area contributed by atoms with Crippen LogP contribution in [0.4, 0.5) is 24.7 Å². The third-order valence-corrected chi connectivity index (χ3v) is 5.34. The molecule has 168 valence electrons. The Labute approximate surface area is 187 Å². The van der Waals surface area contributed by atoms with Gasteiger partial charge in [-0.15, -0.1) is 11.8 Å². The molecule has 12 heteroatoms. The third-order valence-electron chi connectivity index (χ3n) is 4.30. The normalized spacial score (nSPS) is 13.1. The van der Waals surface area contributed by atoms with Gasteiger partial charge in [-0.1, -0.05) is 6.92 Å². The summed E-state index contributed by atoms with van der Waals surface area (Å²) in [6.07, 6.45) is -2.31. The van der Waals surface area contributed by atoms with Crippen LogP contribution in [0.25, 0.3) is 0 Å². The van der Waals surface area contributed by atoms with Crippen LogP contribution in [0.3, 0.4) is 0 Å². The zero-order valence-corrected chi connectivity index (χ0v) is 18.9. The molecule has 0 aliphatic rings. The van der Waals surface area contributed by atoms with E-state index in [1.54, 1.807) is 18.0 Å². The number of pyridine rings is 1. The Morgan fingerprint density at radius 3 is 2.65 bits per heavy atom. The maximum Gasteiger partial charge on any atom is 0.408 e. The van der Waals surface area contributed by atoms with E-state index in [0.29, 0.717) is 12.0 Å². The second-order valence-electron chi connectivity index (χ2n) is 6.47. The second kappa shape index (κ2) is 10.8. The van der Waals surface area contributed by atoms with Crippen LogP contribution >= 0.6 is 23.4 Å². The predicted octanol–water partition coefficient (Wildman–Crippen LogP) is 4.35. The Bertz CT molecular complexity index is 939. The van der Waals surface area contributed by atoms with E-state index in [-0.39, 0.29) is 34.9 Å². The monoisotopic (exact) mass is 474 g/mol. The average Bonchev–Trinajstić information content (AvgIpc) is 2.71. The summed E-state index contributed by atoms with van der Waals surface area (Å²) in [5.41, 5.74) is 0.916. The number of nitrogens with one attached hydrogen (secondary N) is 1. The molecule has 0 saturated heterocycles. The van der Waals surface area contributed by atoms with Crippen molar-refractivity contribution in [3.05, 3.63) is 35.0 Å². The minimum absolute atomic E-state index is 0.0141. The number of aryl methyl sites for hydroxylation is 1. The van der Waals surface area contributed by atoms with E-state index < -0.39 is 12.2 Å². The van der Waals surface area contributed by atoms with Gasteiger partial charge in [-0.25, -0.2) is 9.98 Å². The van der Waals surface area contributed by atoms with Gasteiger partial charge in [0.25, 0.3) is 0 Å². The van der Waals surface area contributed by atoms with E-state index in [2.05, 4.69) is 25.3 Å². The van der Waals surface area contributed by atoms with Gasteiger partial charge >= 0.3 is 6.18 Å². The topological polar surface area (TPSA) is 83.4 Å². The molecule has 0 amide bonds. The minimum atomic E-state index is -4.50. The highest BCUT2D eigenvalue weighted by Crippen LogP contribution is 2.34. The molecule has 0 saturated carbocycles. The van der Waals surface area contributed by atoms with Crippen LogP contribution in [-0.4, -0.2) is 52.1 Å². The first kappa shape index (κ1) is 24.9. The standard InChI is InChI=1S/C19H22ClF3N6OS/c1-5-31-14-7-6-13(24-9-14)8-25-15(10-30)27-16-11(2)26-18(20)28-17(16)29(4)12(3)19(21,22)23/h6-7,9-10,12H,5,8H2,1-4H3,(H,25,27)/t12-/m0/s1. The van der Waals surface area contributed by atoms with Crippen molar-refractivity contribution in [2.24, 2.45) is 4.99 Å². The van der Waals surface area contributed by atoms with Gasteiger partial charge in [0.1, 0.15) is 11.7 Å². The molecule has 31 heavy (non-hydrogen) atoms. The summed E-state index contributed by atoms with van der Waals surface area (Å²) in [7, 11) is 1.23. The highest BCUT2D eigenvalue weighted by Gasteiger charge is 2.40. The lowest BCUT2D eigenvalue weighted by molar-refractivity contribution is -0.144. The molecule has 0 radical (unpaired) electrons. The molecule has 0 aliphatic carbocycles. The van der Waals surface area contributed by atoms with Crippen molar-refractivity contribution in [3.63, 3.8) is 0 Å². The van der Waals surface area contributed by atoms with Crippen molar-refractivity contribution >= 4 is 47.0 Å². The number of hydrogen-bond donors (Lipinski definition) is 1. The number of hydrogen-bond acceptors (Lipinski definition) is 7. The highest BCUT2D eigenvalue weighted by molar-refractivity contribution is 7.99. The summed E-state index contributed by atoms with van der Waals surface area (Å²) in [5, 5.41) is 2.62. The number of rotatable bonds is 8. The summed E-state index contributed by atoms with van der Waals surface area (Å²) in [6, 6.07) is 1.87. The Morgan fingerprint density at radius 1 is 1.39 bits per heavy atom. The summed E-state index contributed by atoms with van der Waals surface area (Å²) >= 11 is 7.51. The van der Waals surface area contributed by atoms with Crippen molar-refractivity contribution in [1.29, 1.82) is 0 Å². The lowest BCUT2D eigenvalue weighted by Crippen LogP contribution is -2.41. The number of amidine groups is 1. The van der Waals surface area contributed by atoms with Gasteiger partial charge in [0, 0.05) is 18.1 Å². The molecule has 0 aliphatic heterocycles. The minimum Gasteiger partial charge on any atom is -0.362 e. The van der Waals surface area contributed by atoms with Gasteiger partial charge in [-0.2, -0.15) is 18.2 Å². The van der Waals surface area contributed by atoms with Crippen LogP contribution in [-0.2, 0) is 11.3 Å². The molecule has 0 unspecified atom stereocenters. The van der Waals surface area contributed by atoms with Crippen molar-refractivity contribution in [2.45, 2.75) is 44.4 Å². The van der Waals surface area contributed by atoms with Crippen molar-refractivity contribution in [3.8, 4) is 0 Å². The SMILES string of the molecule is CCSc1ccc(CN/C(C=O)=N/c2c(C)nc(Cl)nc2N(C)[C@@H](C)C(F)(F)F)nc1. The molecule has 2 aromatic rings. The molecule has 2 aromatic heterocycles. The summed E-state index contributed by atoms with van der Waals surface area (Å²) < 4.78 is 39.6. The van der Waals surface area contributed by atoms with Crippen LogP contribution < -0.4 is 10.2 Å². The van der Waals surface area contributed by atoms with Gasteiger partial charge in [0.2, 0.25) is 5.28 Å². The number of thioether (sulfide) groups is 1. The van der Waals surface area contributed by atoms with E-state index in [1.807, 2.05) is 19.1 Å². The largest absolute Gasteiger partial charge is 0.408 e. The Morgan fingerprint density at radius 2 is 2.10 bits per heavy atom. The molecule has 0 bridgehead atoms. The summed E-state index contributed by atoms with van der Waals surface area (Å²) in [5.74, 6) is 0.688. The molecule has 7 nitrogen and oxygen atoms in total. The first-order valence-electron chi connectivity index (χ1n) is 9.26. The summed E-state index contributed by atoms with van der Waals surface area (Å²) in [4.78, 5) is 29.8. The average molecular weight is 475 g/mol. The van der Waals surface area contributed by atoms with Crippen LogP contribution in [0, 0.1) is 6.92 Å². The van der Waals surface area contributed by atoms with Gasteiger partial charge in [0.05, 0.1) is 17.9 Å². The first-order chi connectivity index (χ1) is 14.6. The molecule has 0 spiro atoms. The highest BCUT2D eigenvalue weighted by atomic mass is 35.5. The molecule has 2 rings (SSSR count). The molecule has 1 atom stereocenters. The Hall–Kier alpha value is -2.40. The van der Waals surface area contributed by atoms with Gasteiger partial charge in [-0.3, -0.25) is 9.78 Å². The number of alkyl halides is 3. The van der Waals surface area contributed by atoms with Crippen LogP contribution in [0.5, 0.6) is 0 Å². The third kappa shape index (κ3) is 6.79. The Balaban J connectivity index is 2.31. The fourth-order valence-corrected chi connectivity index (χ4v) is 3.31. The molecular weight excluding hydrogens is 453 g/mol. The zero-order valence-electron chi connectivity index (χ0n) is 17.4. The van der Waals surface area contributed by atoms with Crippen LogP contribution in [0.2, 0.25) is 5.28 Å². The van der Waals surface area contributed by atoms with Crippen LogP contribution in [0.1, 0.15) is 25.2 Å². The van der Waals surface area contributed by atoms with Gasteiger partial charge in [-0.05, 0) is 43.3 Å². The molecule has 1 N–H and O–H groups in total. The molecule has 2 heterocycles. The Kier molecular flexibility index (Phi) is 8.63. The smallest absolute Gasteiger partial charge is 0.362 e. The van der Waals surface area contributed by atoms with Crippen molar-refractivity contribution in [2.75, 3.05) is 17.7 Å². The number of anilines is 1. The number of carbonyl (C=O) groups is 1. The number of aromatic nitrogens is 3. The number of aliphatic imine (C=N–C) groups is 1. The zero-order chi connectivity index (χ0) is 23.2. The van der Waals surface area contributed by atoms with E-state index in [9.17, 15) is 18.0 Å². The van der Waals surface area contributed by atoms with E-state index >= 15 is 0 Å². The fraction of sp³-hybridized carbons (Fsp3) is 0.421. The fourth-order valence-electron chi connectivity index (χ4n) is 2.47. The predicted molar refractivity (Wildman–Crippen MR) is 116 cm³/mol. The summed E-state index contributed by atoms with van der Waals surface area (Å²) in [6.45, 7) is 4.75. The van der Waals surface area contributed by atoms with Gasteiger partial charge in [0.15, 0.2) is 17.9 Å². The van der Waals surface area contributed by atoms with Gasteiger partial charge < -0.3 is 10.2 Å². The lowest BCUT2D eigenvalue weighted by atomic mass is 10.2. The van der Waals surface area contributed by atoms with Crippen molar-refractivity contribution < 1.29 is 18.0 Å². The number of nitrogens with zero attached hydrogens (tertiary/aromatic N) is 5. The van der Waals surface area contributed by atoms with E-state index in [1.165, 1.54) is 14.0 Å². The first-order valence-corrected chi connectivity index (χ1v) is 10.6. The molecule has 0 fully saturated rings. The molecule has 0 aromatic carbocycles. The van der Waals surface area contributed by atoms with Crippen LogP contribution in [0.15, 0.2) is 28.2 Å².